The zero-order chi connectivity index (χ0) is 24.1. The van der Waals surface area contributed by atoms with Crippen molar-refractivity contribution >= 4 is 27.7 Å². The Morgan fingerprint density at radius 2 is 1.45 bits per heavy atom. The molecule has 0 rings (SSSR count). The molecule has 0 saturated heterocycles. The van der Waals surface area contributed by atoms with Crippen molar-refractivity contribution in [1.82, 2.24) is 0 Å². The number of hydrogen-bond acceptors (Lipinski definition) is 9. The average molecular weight is 491 g/mol. The monoisotopic (exact) mass is 490 g/mol. The van der Waals surface area contributed by atoms with Gasteiger partial charge in [0.1, 0.15) is 6.10 Å². The fourth-order valence-corrected chi connectivity index (χ4v) is 3.81. The van der Waals surface area contributed by atoms with Crippen molar-refractivity contribution in [3.8, 4) is 0 Å². The number of quaternary nitrogens is 2. The van der Waals surface area contributed by atoms with Crippen molar-refractivity contribution in [2.24, 2.45) is 0 Å². The summed E-state index contributed by atoms with van der Waals surface area (Å²) >= 11 is -2.49. The number of rotatable bonds is 18. The molecule has 2 unspecified atom stereocenters. The van der Waals surface area contributed by atoms with E-state index in [2.05, 4.69) is 8.37 Å². The average Bonchev–Trinajstić information content (AvgIpc) is 2.59. The van der Waals surface area contributed by atoms with Crippen molar-refractivity contribution in [1.29, 1.82) is 0 Å². The first kappa shape index (κ1) is 30.3. The van der Waals surface area contributed by atoms with E-state index in [-0.39, 0.29) is 25.3 Å². The predicted octanol–water partition coefficient (Wildman–Crippen LogP) is 0.309. The lowest BCUT2D eigenvalue weighted by Gasteiger charge is -2.32. The third-order valence-corrected chi connectivity index (χ3v) is 5.72. The number of carbonyl (C=O) groups excluding carboxylic acids is 1. The molecule has 0 radical (unpaired) electrons. The Labute approximate surface area is 189 Å². The Morgan fingerprint density at radius 3 is 1.97 bits per heavy atom. The lowest BCUT2D eigenvalue weighted by Crippen LogP contribution is -2.44. The van der Waals surface area contributed by atoms with Crippen LogP contribution in [-0.4, -0.2) is 110 Å². The summed E-state index contributed by atoms with van der Waals surface area (Å²) in [7, 11) is 3.42. The quantitative estimate of drug-likeness (QED) is 0.0662. The van der Waals surface area contributed by atoms with Gasteiger partial charge in [-0.05, 0) is 6.42 Å². The summed E-state index contributed by atoms with van der Waals surface area (Å²) in [5, 5.41) is 0. The number of ether oxygens (including phenoxy) is 1. The van der Waals surface area contributed by atoms with Crippen LogP contribution in [0, 0.1) is 0 Å². The van der Waals surface area contributed by atoms with E-state index in [1.54, 1.807) is 0 Å². The van der Waals surface area contributed by atoms with E-state index in [1.165, 1.54) is 6.92 Å². The smallest absolute Gasteiger partial charge is 0.302 e. The first-order chi connectivity index (χ1) is 14.1. The van der Waals surface area contributed by atoms with Crippen LogP contribution in [0.1, 0.15) is 39.0 Å². The number of nitrogens with zero attached hydrogens (tertiary/aromatic N) is 2. The second-order valence-electron chi connectivity index (χ2n) is 8.89. The van der Waals surface area contributed by atoms with Crippen LogP contribution >= 0.6 is 0 Å². The Balaban J connectivity index is 4.40. The van der Waals surface area contributed by atoms with Gasteiger partial charge >= 0.3 is 5.97 Å². The molecule has 0 aliphatic carbocycles. The predicted molar refractivity (Wildman–Crippen MR) is 113 cm³/mol. The minimum Gasteiger partial charge on any atom is -0.750 e. The van der Waals surface area contributed by atoms with Gasteiger partial charge in [0, 0.05) is 32.6 Å². The zero-order valence-electron chi connectivity index (χ0n) is 19.2. The molecule has 0 saturated carbocycles. The van der Waals surface area contributed by atoms with Crippen molar-refractivity contribution in [2.45, 2.75) is 45.1 Å². The maximum absolute atomic E-state index is 11.5. The van der Waals surface area contributed by atoms with Gasteiger partial charge in [0.05, 0.1) is 78.9 Å². The highest BCUT2D eigenvalue weighted by Crippen LogP contribution is 2.14. The third kappa shape index (κ3) is 19.7. The fraction of sp³-hybridized carbons (Fsp3) is 0.944. The normalized spacial score (nSPS) is 14.9. The number of esters is 1. The summed E-state index contributed by atoms with van der Waals surface area (Å²) in [5.74, 6) is -0.327. The fourth-order valence-electron chi connectivity index (χ4n) is 3.23. The van der Waals surface area contributed by atoms with Gasteiger partial charge in [0.15, 0.2) is 0 Å². The Kier molecular flexibility index (Phi) is 14.2. The summed E-state index contributed by atoms with van der Waals surface area (Å²) in [6, 6.07) is 0. The van der Waals surface area contributed by atoms with Gasteiger partial charge in [-0.2, -0.15) is 0 Å². The van der Waals surface area contributed by atoms with Crippen molar-refractivity contribution in [3.63, 3.8) is 0 Å². The Bertz CT molecular complexity index is 654. The van der Waals surface area contributed by atoms with Gasteiger partial charge < -0.3 is 27.0 Å². The molecule has 0 aromatic rings. The van der Waals surface area contributed by atoms with E-state index in [0.29, 0.717) is 41.2 Å². The van der Waals surface area contributed by atoms with E-state index in [0.717, 1.165) is 26.1 Å². The van der Waals surface area contributed by atoms with Gasteiger partial charge in [0.2, 0.25) is 10.4 Å². The standard InChI is InChI=1S/C18H38N2O9S2/c1-17(21)29-18(10-14-20(4,5)12-7-15-27-30(22)23)9-6-11-19(2,3)13-8-16-28-31(24,25)26/h18H,6-16H2,1-5H3. The molecule has 0 aromatic carbocycles. The van der Waals surface area contributed by atoms with Crippen LogP contribution in [0.3, 0.4) is 0 Å². The van der Waals surface area contributed by atoms with Crippen LogP contribution in [-0.2, 0) is 39.7 Å². The van der Waals surface area contributed by atoms with Crippen LogP contribution in [0.2, 0.25) is 0 Å². The van der Waals surface area contributed by atoms with Crippen LogP contribution in [0.5, 0.6) is 0 Å². The minimum absolute atomic E-state index is 0.133. The van der Waals surface area contributed by atoms with Crippen molar-refractivity contribution < 1.29 is 48.6 Å². The molecule has 0 bridgehead atoms. The maximum Gasteiger partial charge on any atom is 0.302 e. The van der Waals surface area contributed by atoms with E-state index in [9.17, 15) is 26.5 Å². The summed E-state index contributed by atoms with van der Waals surface area (Å²) in [4.78, 5) is 11.5. The number of carbonyl (C=O) groups is 1. The molecule has 186 valence electrons. The van der Waals surface area contributed by atoms with Crippen LogP contribution in [0.4, 0.5) is 0 Å². The molecule has 0 aliphatic rings. The van der Waals surface area contributed by atoms with E-state index in [4.69, 9.17) is 4.74 Å². The van der Waals surface area contributed by atoms with Gasteiger partial charge in [-0.3, -0.25) is 8.98 Å². The first-order valence-electron chi connectivity index (χ1n) is 10.3. The molecule has 31 heavy (non-hydrogen) atoms. The summed E-state index contributed by atoms with van der Waals surface area (Å²) in [5.41, 5.74) is 0. The van der Waals surface area contributed by atoms with Gasteiger partial charge in [-0.1, -0.05) is 0 Å². The maximum atomic E-state index is 11.5. The van der Waals surface area contributed by atoms with Crippen molar-refractivity contribution in [2.75, 3.05) is 67.6 Å². The molecule has 11 nitrogen and oxygen atoms in total. The summed E-state index contributed by atoms with van der Waals surface area (Å²) in [6.45, 7) is 4.33. The molecule has 0 aromatic heterocycles. The van der Waals surface area contributed by atoms with Crippen LogP contribution < -0.4 is 0 Å². The summed E-state index contributed by atoms with van der Waals surface area (Å²) < 4.78 is 67.7. The SMILES string of the molecule is CC(=O)OC(CCC[N+](C)(C)CCCOS(=O)(=O)[O-])CC[N+](C)(C)CCCOS(=O)[O-]. The molecule has 0 spiro atoms. The minimum atomic E-state index is -4.65. The van der Waals surface area contributed by atoms with E-state index < -0.39 is 21.8 Å². The van der Waals surface area contributed by atoms with Gasteiger partial charge in [-0.15, -0.1) is 0 Å². The lowest BCUT2D eigenvalue weighted by molar-refractivity contribution is -0.891. The molecule has 0 fully saturated rings. The molecule has 0 amide bonds. The van der Waals surface area contributed by atoms with E-state index >= 15 is 0 Å². The molecule has 0 N–H and O–H groups in total. The molecule has 13 heteroatoms. The third-order valence-electron chi connectivity index (χ3n) is 4.90. The molecule has 0 heterocycles. The highest BCUT2D eigenvalue weighted by molar-refractivity contribution is 7.80. The second kappa shape index (κ2) is 14.5. The summed E-state index contributed by atoms with van der Waals surface area (Å²) in [6.07, 6.45) is 3.02. The molecular weight excluding hydrogens is 452 g/mol. The lowest BCUT2D eigenvalue weighted by atomic mass is 10.1. The van der Waals surface area contributed by atoms with Crippen LogP contribution in [0.25, 0.3) is 0 Å². The van der Waals surface area contributed by atoms with Gasteiger partial charge in [-0.25, -0.2) is 12.6 Å². The van der Waals surface area contributed by atoms with Gasteiger partial charge in [0.25, 0.3) is 0 Å². The zero-order valence-corrected chi connectivity index (χ0v) is 20.9. The topological polar surface area (TPSA) is 142 Å². The molecular formula is C18H38N2O9S2. The first-order valence-corrected chi connectivity index (χ1v) is 12.6. The van der Waals surface area contributed by atoms with E-state index in [1.807, 2.05) is 28.2 Å². The number of hydrogen-bond donors (Lipinski definition) is 0. The van der Waals surface area contributed by atoms with Crippen LogP contribution in [0.15, 0.2) is 0 Å². The van der Waals surface area contributed by atoms with Crippen molar-refractivity contribution in [3.05, 3.63) is 0 Å². The highest BCUT2D eigenvalue weighted by atomic mass is 32.3. The molecule has 2 atom stereocenters. The Morgan fingerprint density at radius 1 is 0.935 bits per heavy atom. The Hall–Kier alpha value is -0.670. The second-order valence-corrected chi connectivity index (χ2v) is 10.6. The largest absolute Gasteiger partial charge is 0.750 e. The highest BCUT2D eigenvalue weighted by Gasteiger charge is 2.22. The molecule has 0 aliphatic heterocycles.